The number of rotatable bonds is 6. The first-order valence-corrected chi connectivity index (χ1v) is 8.80. The van der Waals surface area contributed by atoms with E-state index in [2.05, 4.69) is 4.72 Å². The van der Waals surface area contributed by atoms with Crippen LogP contribution in [0.5, 0.6) is 11.5 Å². The van der Waals surface area contributed by atoms with E-state index in [1.165, 1.54) is 19.2 Å². The molecule has 2 rings (SSSR count). The molecule has 0 unspecified atom stereocenters. The topological polar surface area (TPSA) is 64.6 Å². The van der Waals surface area contributed by atoms with Crippen LogP contribution in [0.1, 0.15) is 12.5 Å². The van der Waals surface area contributed by atoms with Gasteiger partial charge in [-0.05, 0) is 48.4 Å². The molecule has 5 nitrogen and oxygen atoms in total. The Morgan fingerprint density at radius 2 is 1.70 bits per heavy atom. The molecule has 0 spiro atoms. The first-order chi connectivity index (χ1) is 10.9. The lowest BCUT2D eigenvalue weighted by Gasteiger charge is -2.12. The summed E-state index contributed by atoms with van der Waals surface area (Å²) in [6.45, 7) is 1.94. The molecule has 0 radical (unpaired) electrons. The molecular weight excluding hydrogens is 338 g/mol. The maximum Gasteiger partial charge on any atom is 0.261 e. The van der Waals surface area contributed by atoms with E-state index in [-0.39, 0.29) is 4.90 Å². The minimum absolute atomic E-state index is 0.169. The van der Waals surface area contributed by atoms with Gasteiger partial charge in [-0.15, -0.1) is 0 Å². The van der Waals surface area contributed by atoms with E-state index in [1.54, 1.807) is 31.4 Å². The largest absolute Gasteiger partial charge is 0.496 e. The molecule has 0 aliphatic carbocycles. The average Bonchev–Trinajstić information content (AvgIpc) is 2.54. The zero-order chi connectivity index (χ0) is 17.0. The summed E-state index contributed by atoms with van der Waals surface area (Å²) in [5, 5.41) is 0.330. The van der Waals surface area contributed by atoms with Crippen LogP contribution >= 0.6 is 11.6 Å². The van der Waals surface area contributed by atoms with Crippen LogP contribution in [0.2, 0.25) is 5.02 Å². The Kier molecular flexibility index (Phi) is 5.38. The zero-order valence-corrected chi connectivity index (χ0v) is 14.7. The number of hydrogen-bond acceptors (Lipinski definition) is 4. The summed E-state index contributed by atoms with van der Waals surface area (Å²) in [6, 6.07) is 9.45. The molecule has 0 saturated heterocycles. The summed E-state index contributed by atoms with van der Waals surface area (Å²) in [4.78, 5) is 0.169. The molecule has 0 fully saturated rings. The second-order valence-corrected chi connectivity index (χ2v) is 6.87. The third-order valence-corrected chi connectivity index (χ3v) is 5.02. The van der Waals surface area contributed by atoms with Gasteiger partial charge in [0.1, 0.15) is 11.5 Å². The van der Waals surface area contributed by atoms with Crippen molar-refractivity contribution in [2.45, 2.75) is 18.2 Å². The van der Waals surface area contributed by atoms with E-state index in [4.69, 9.17) is 21.1 Å². The number of benzene rings is 2. The molecule has 23 heavy (non-hydrogen) atoms. The van der Waals surface area contributed by atoms with Crippen LogP contribution in [-0.2, 0) is 16.4 Å². The van der Waals surface area contributed by atoms with E-state index >= 15 is 0 Å². The highest BCUT2D eigenvalue weighted by Gasteiger charge is 2.17. The number of hydrogen-bond donors (Lipinski definition) is 1. The van der Waals surface area contributed by atoms with Gasteiger partial charge in [0.2, 0.25) is 0 Å². The molecule has 0 aliphatic heterocycles. The normalized spacial score (nSPS) is 11.1. The molecule has 0 aromatic heterocycles. The molecule has 0 saturated carbocycles. The summed E-state index contributed by atoms with van der Waals surface area (Å²) in [6.07, 6.45) is 0.668. The Morgan fingerprint density at radius 1 is 1.04 bits per heavy atom. The van der Waals surface area contributed by atoms with Gasteiger partial charge in [-0.1, -0.05) is 18.5 Å². The predicted molar refractivity (Wildman–Crippen MR) is 91.2 cm³/mol. The highest BCUT2D eigenvalue weighted by atomic mass is 35.5. The van der Waals surface area contributed by atoms with Crippen molar-refractivity contribution in [3.63, 3.8) is 0 Å². The van der Waals surface area contributed by atoms with Gasteiger partial charge in [-0.2, -0.15) is 0 Å². The van der Waals surface area contributed by atoms with Crippen molar-refractivity contribution >= 4 is 27.3 Å². The third kappa shape index (κ3) is 3.89. The average molecular weight is 356 g/mol. The van der Waals surface area contributed by atoms with Crippen molar-refractivity contribution in [1.29, 1.82) is 0 Å². The van der Waals surface area contributed by atoms with Gasteiger partial charge in [-0.3, -0.25) is 4.72 Å². The van der Waals surface area contributed by atoms with Gasteiger partial charge in [0.15, 0.2) is 0 Å². The fourth-order valence-electron chi connectivity index (χ4n) is 2.14. The van der Waals surface area contributed by atoms with E-state index in [1.807, 2.05) is 6.92 Å². The molecule has 0 bridgehead atoms. The lowest BCUT2D eigenvalue weighted by atomic mass is 10.1. The van der Waals surface area contributed by atoms with Crippen LogP contribution in [-0.4, -0.2) is 22.6 Å². The number of ether oxygens (including phenoxy) is 2. The molecule has 0 aliphatic rings. The van der Waals surface area contributed by atoms with Crippen LogP contribution in [0.15, 0.2) is 41.3 Å². The summed E-state index contributed by atoms with van der Waals surface area (Å²) < 4.78 is 37.8. The van der Waals surface area contributed by atoms with E-state index in [9.17, 15) is 8.42 Å². The molecule has 0 atom stereocenters. The Balaban J connectivity index is 2.33. The number of anilines is 1. The zero-order valence-electron chi connectivity index (χ0n) is 13.1. The maximum absolute atomic E-state index is 12.5. The summed E-state index contributed by atoms with van der Waals surface area (Å²) in [5.41, 5.74) is 1.19. The number of aryl methyl sites for hydroxylation is 1. The van der Waals surface area contributed by atoms with Gasteiger partial charge in [0.25, 0.3) is 10.0 Å². The van der Waals surface area contributed by atoms with Crippen LogP contribution in [0.4, 0.5) is 5.69 Å². The number of halogens is 1. The van der Waals surface area contributed by atoms with Gasteiger partial charge in [0, 0.05) is 0 Å². The highest BCUT2D eigenvalue weighted by Crippen LogP contribution is 2.29. The molecule has 0 amide bonds. The minimum Gasteiger partial charge on any atom is -0.496 e. The molecule has 7 heteroatoms. The smallest absolute Gasteiger partial charge is 0.261 e. The molecule has 2 aromatic rings. The first-order valence-electron chi connectivity index (χ1n) is 6.94. The predicted octanol–water partition coefficient (Wildman–Crippen LogP) is 3.72. The van der Waals surface area contributed by atoms with Crippen molar-refractivity contribution in [3.8, 4) is 11.5 Å². The Bertz CT molecular complexity index is 806. The molecule has 0 heterocycles. The van der Waals surface area contributed by atoms with Crippen LogP contribution in [0.25, 0.3) is 0 Å². The second kappa shape index (κ2) is 7.10. The van der Waals surface area contributed by atoms with Gasteiger partial charge < -0.3 is 9.47 Å². The minimum atomic E-state index is -3.71. The van der Waals surface area contributed by atoms with E-state index in [0.29, 0.717) is 28.6 Å². The summed E-state index contributed by atoms with van der Waals surface area (Å²) in [7, 11) is -0.662. The van der Waals surface area contributed by atoms with Crippen molar-refractivity contribution < 1.29 is 17.9 Å². The fourth-order valence-corrected chi connectivity index (χ4v) is 3.50. The van der Waals surface area contributed by atoms with Crippen LogP contribution in [0, 0.1) is 0 Å². The maximum atomic E-state index is 12.5. The molecular formula is C16H18ClNO4S. The summed E-state index contributed by atoms with van der Waals surface area (Å²) >= 11 is 6.02. The first kappa shape index (κ1) is 17.4. The molecule has 1 N–H and O–H groups in total. The number of methoxy groups -OCH3 is 2. The van der Waals surface area contributed by atoms with Crippen LogP contribution < -0.4 is 14.2 Å². The Hall–Kier alpha value is -1.92. The van der Waals surface area contributed by atoms with Crippen molar-refractivity contribution in [1.82, 2.24) is 0 Å². The lowest BCUT2D eigenvalue weighted by Crippen LogP contribution is -2.13. The molecule has 2 aromatic carbocycles. The van der Waals surface area contributed by atoms with E-state index in [0.717, 1.165) is 5.56 Å². The Morgan fingerprint density at radius 3 is 2.26 bits per heavy atom. The van der Waals surface area contributed by atoms with Gasteiger partial charge in [0.05, 0.1) is 29.8 Å². The highest BCUT2D eigenvalue weighted by molar-refractivity contribution is 7.92. The summed E-state index contributed by atoms with van der Waals surface area (Å²) in [5.74, 6) is 1.14. The van der Waals surface area contributed by atoms with E-state index < -0.39 is 10.0 Å². The lowest BCUT2D eigenvalue weighted by molar-refractivity contribution is 0.409. The number of nitrogens with one attached hydrogen (secondary N) is 1. The monoisotopic (exact) mass is 355 g/mol. The third-order valence-electron chi connectivity index (χ3n) is 3.35. The van der Waals surface area contributed by atoms with Crippen molar-refractivity contribution in [2.75, 3.05) is 18.9 Å². The SMILES string of the molecule is CCc1cc(S(=O)(=O)Nc2ccc(OC)c(Cl)c2)ccc1OC. The van der Waals surface area contributed by atoms with Gasteiger partial charge in [-0.25, -0.2) is 8.42 Å². The quantitative estimate of drug-likeness (QED) is 0.857. The van der Waals surface area contributed by atoms with Gasteiger partial charge >= 0.3 is 0 Å². The number of sulfonamides is 1. The standard InChI is InChI=1S/C16H18ClNO4S/c1-4-11-9-13(6-8-15(11)21-2)23(19,20)18-12-5-7-16(22-3)14(17)10-12/h5-10,18H,4H2,1-3H3. The molecule has 124 valence electrons. The van der Waals surface area contributed by atoms with Crippen molar-refractivity contribution in [3.05, 3.63) is 47.0 Å². The van der Waals surface area contributed by atoms with Crippen molar-refractivity contribution in [2.24, 2.45) is 0 Å². The second-order valence-electron chi connectivity index (χ2n) is 4.78. The van der Waals surface area contributed by atoms with Crippen LogP contribution in [0.3, 0.4) is 0 Å². The fraction of sp³-hybridized carbons (Fsp3) is 0.250. The Labute approximate surface area is 141 Å².